The number of furan rings is 1. The molecular formula is C15H15NO3. The van der Waals surface area contributed by atoms with Gasteiger partial charge in [-0.25, -0.2) is 0 Å². The number of nitrogens with one attached hydrogen (secondary N) is 1. The van der Waals surface area contributed by atoms with Crippen molar-refractivity contribution in [3.8, 4) is 0 Å². The minimum absolute atomic E-state index is 0.0930. The van der Waals surface area contributed by atoms with Gasteiger partial charge in [0.25, 0.3) is 5.91 Å². The average Bonchev–Trinajstić information content (AvgIpc) is 2.88. The van der Waals surface area contributed by atoms with Crippen LogP contribution in [0.1, 0.15) is 40.5 Å². The molecule has 0 aliphatic heterocycles. The number of para-hydroxylation sites is 1. The Bertz CT molecular complexity index is 613. The van der Waals surface area contributed by atoms with Crippen molar-refractivity contribution in [1.29, 1.82) is 0 Å². The van der Waals surface area contributed by atoms with E-state index in [2.05, 4.69) is 5.32 Å². The molecule has 0 bridgehead atoms. The maximum atomic E-state index is 12.0. The van der Waals surface area contributed by atoms with Crippen molar-refractivity contribution in [1.82, 2.24) is 0 Å². The topological polar surface area (TPSA) is 59.3 Å². The fourth-order valence-corrected chi connectivity index (χ4v) is 1.77. The molecule has 0 aliphatic carbocycles. The van der Waals surface area contributed by atoms with Gasteiger partial charge in [-0.05, 0) is 31.2 Å². The zero-order chi connectivity index (χ0) is 13.8. The lowest BCUT2D eigenvalue weighted by Gasteiger charge is -2.07. The van der Waals surface area contributed by atoms with Crippen molar-refractivity contribution in [3.63, 3.8) is 0 Å². The van der Waals surface area contributed by atoms with Crippen molar-refractivity contribution < 1.29 is 14.0 Å². The van der Waals surface area contributed by atoms with Gasteiger partial charge in [0.05, 0.1) is 5.69 Å². The maximum Gasteiger partial charge on any atom is 0.291 e. The third kappa shape index (κ3) is 2.91. The summed E-state index contributed by atoms with van der Waals surface area (Å²) in [7, 11) is 0. The maximum absolute atomic E-state index is 12.0. The number of amides is 1. The summed E-state index contributed by atoms with van der Waals surface area (Å²) in [6.07, 6.45) is 0.733. The minimum Gasteiger partial charge on any atom is -0.456 e. The van der Waals surface area contributed by atoms with Gasteiger partial charge in [-0.3, -0.25) is 9.59 Å². The normalized spacial score (nSPS) is 10.2. The molecule has 1 heterocycles. The molecule has 0 aliphatic rings. The molecule has 0 saturated heterocycles. The van der Waals surface area contributed by atoms with E-state index in [9.17, 15) is 9.59 Å². The third-order valence-electron chi connectivity index (χ3n) is 2.79. The van der Waals surface area contributed by atoms with Crippen molar-refractivity contribution in [2.45, 2.75) is 20.3 Å². The first-order valence-corrected chi connectivity index (χ1v) is 6.12. The lowest BCUT2D eigenvalue weighted by molar-refractivity contribution is 0.0995. The van der Waals surface area contributed by atoms with E-state index in [4.69, 9.17) is 4.42 Å². The van der Waals surface area contributed by atoms with Gasteiger partial charge in [0.1, 0.15) is 5.76 Å². The molecular weight excluding hydrogens is 242 g/mol. The molecule has 1 aromatic carbocycles. The number of aryl methyl sites for hydroxylation is 1. The molecule has 1 amide bonds. The molecule has 19 heavy (non-hydrogen) atoms. The van der Waals surface area contributed by atoms with Crippen LogP contribution in [-0.4, -0.2) is 11.7 Å². The molecule has 2 rings (SSSR count). The number of anilines is 1. The van der Waals surface area contributed by atoms with E-state index in [0.29, 0.717) is 11.3 Å². The summed E-state index contributed by atoms with van der Waals surface area (Å²) in [6.45, 7) is 3.42. The third-order valence-corrected chi connectivity index (χ3v) is 2.79. The molecule has 0 spiro atoms. The molecule has 2 aromatic rings. The quantitative estimate of drug-likeness (QED) is 0.855. The number of Topliss-reactive ketones (excluding diaryl/α,β-unsaturated/α-hetero) is 1. The second-order valence-electron chi connectivity index (χ2n) is 4.18. The largest absolute Gasteiger partial charge is 0.456 e. The van der Waals surface area contributed by atoms with E-state index in [-0.39, 0.29) is 17.5 Å². The Morgan fingerprint density at radius 2 is 1.89 bits per heavy atom. The first-order valence-electron chi connectivity index (χ1n) is 6.12. The molecule has 0 atom stereocenters. The van der Waals surface area contributed by atoms with Crippen LogP contribution in [-0.2, 0) is 6.42 Å². The zero-order valence-electron chi connectivity index (χ0n) is 10.9. The van der Waals surface area contributed by atoms with Crippen LogP contribution in [0.15, 0.2) is 40.8 Å². The Hall–Kier alpha value is -2.36. The summed E-state index contributed by atoms with van der Waals surface area (Å²) < 4.78 is 5.37. The van der Waals surface area contributed by atoms with Crippen LogP contribution in [0.25, 0.3) is 0 Å². The first kappa shape index (κ1) is 13.1. The molecule has 4 nitrogen and oxygen atoms in total. The Morgan fingerprint density at radius 3 is 2.53 bits per heavy atom. The number of carbonyl (C=O) groups excluding carboxylic acids is 2. The van der Waals surface area contributed by atoms with Crippen LogP contribution in [0.4, 0.5) is 5.69 Å². The van der Waals surface area contributed by atoms with E-state index < -0.39 is 0 Å². The van der Waals surface area contributed by atoms with E-state index in [1.54, 1.807) is 36.4 Å². The van der Waals surface area contributed by atoms with Crippen LogP contribution in [0.2, 0.25) is 0 Å². The minimum atomic E-state index is -0.353. The second-order valence-corrected chi connectivity index (χ2v) is 4.18. The van der Waals surface area contributed by atoms with Crippen molar-refractivity contribution in [2.24, 2.45) is 0 Å². The van der Waals surface area contributed by atoms with Gasteiger partial charge in [-0.1, -0.05) is 19.1 Å². The highest BCUT2D eigenvalue weighted by Gasteiger charge is 2.14. The Labute approximate surface area is 111 Å². The van der Waals surface area contributed by atoms with Crippen LogP contribution < -0.4 is 5.32 Å². The Morgan fingerprint density at radius 1 is 1.16 bits per heavy atom. The van der Waals surface area contributed by atoms with Gasteiger partial charge in [-0.2, -0.15) is 0 Å². The second kappa shape index (κ2) is 5.52. The molecule has 0 fully saturated rings. The summed E-state index contributed by atoms with van der Waals surface area (Å²) >= 11 is 0. The summed E-state index contributed by atoms with van der Waals surface area (Å²) in [5, 5.41) is 2.69. The van der Waals surface area contributed by atoms with Gasteiger partial charge < -0.3 is 9.73 Å². The standard InChI is InChI=1S/C15H15NO3/c1-3-11-8-9-14(19-11)15(18)16-13-7-5-4-6-12(13)10(2)17/h4-9H,3H2,1-2H3,(H,16,18). The fraction of sp³-hybridized carbons (Fsp3) is 0.200. The van der Waals surface area contributed by atoms with Crippen molar-refractivity contribution in [3.05, 3.63) is 53.5 Å². The van der Waals surface area contributed by atoms with Gasteiger partial charge in [0, 0.05) is 12.0 Å². The lowest BCUT2D eigenvalue weighted by atomic mass is 10.1. The summed E-state index contributed by atoms with van der Waals surface area (Å²) in [4.78, 5) is 23.5. The molecule has 0 unspecified atom stereocenters. The predicted molar refractivity (Wildman–Crippen MR) is 72.5 cm³/mol. The Kier molecular flexibility index (Phi) is 3.80. The van der Waals surface area contributed by atoms with Crippen molar-refractivity contribution >= 4 is 17.4 Å². The number of hydrogen-bond acceptors (Lipinski definition) is 3. The summed E-state index contributed by atoms with van der Waals surface area (Å²) in [5.41, 5.74) is 0.979. The number of hydrogen-bond donors (Lipinski definition) is 1. The first-order chi connectivity index (χ1) is 9.11. The number of ketones is 1. The van der Waals surface area contributed by atoms with Crippen LogP contribution >= 0.6 is 0 Å². The van der Waals surface area contributed by atoms with E-state index in [1.165, 1.54) is 6.92 Å². The number of benzene rings is 1. The highest BCUT2D eigenvalue weighted by Crippen LogP contribution is 2.17. The van der Waals surface area contributed by atoms with Gasteiger partial charge in [-0.15, -0.1) is 0 Å². The highest BCUT2D eigenvalue weighted by atomic mass is 16.3. The lowest BCUT2D eigenvalue weighted by Crippen LogP contribution is -2.13. The molecule has 1 aromatic heterocycles. The molecule has 1 N–H and O–H groups in total. The summed E-state index contributed by atoms with van der Waals surface area (Å²) in [6, 6.07) is 10.3. The van der Waals surface area contributed by atoms with E-state index >= 15 is 0 Å². The average molecular weight is 257 g/mol. The number of carbonyl (C=O) groups is 2. The predicted octanol–water partition coefficient (Wildman–Crippen LogP) is 3.30. The monoisotopic (exact) mass is 257 g/mol. The van der Waals surface area contributed by atoms with Gasteiger partial charge >= 0.3 is 0 Å². The van der Waals surface area contributed by atoms with Crippen molar-refractivity contribution in [2.75, 3.05) is 5.32 Å². The fourth-order valence-electron chi connectivity index (χ4n) is 1.77. The highest BCUT2D eigenvalue weighted by molar-refractivity contribution is 6.07. The number of rotatable bonds is 4. The zero-order valence-corrected chi connectivity index (χ0v) is 10.9. The molecule has 4 heteroatoms. The van der Waals surface area contributed by atoms with Crippen LogP contribution in [0, 0.1) is 0 Å². The molecule has 98 valence electrons. The molecule has 0 radical (unpaired) electrons. The van der Waals surface area contributed by atoms with Crippen LogP contribution in [0.5, 0.6) is 0 Å². The Balaban J connectivity index is 2.21. The van der Waals surface area contributed by atoms with E-state index in [0.717, 1.165) is 12.2 Å². The smallest absolute Gasteiger partial charge is 0.291 e. The van der Waals surface area contributed by atoms with Gasteiger partial charge in [0.2, 0.25) is 0 Å². The summed E-state index contributed by atoms with van der Waals surface area (Å²) in [5.74, 6) is 0.554. The SMILES string of the molecule is CCc1ccc(C(=O)Nc2ccccc2C(C)=O)o1. The van der Waals surface area contributed by atoms with E-state index in [1.807, 2.05) is 6.92 Å². The molecule has 0 saturated carbocycles. The van der Waals surface area contributed by atoms with Crippen LogP contribution in [0.3, 0.4) is 0 Å². The van der Waals surface area contributed by atoms with Gasteiger partial charge in [0.15, 0.2) is 11.5 Å².